The molecule has 5 nitrogen and oxygen atoms in total. The van der Waals surface area contributed by atoms with Gasteiger partial charge in [0, 0.05) is 12.3 Å². The molecule has 0 unspecified atom stereocenters. The molecule has 1 aromatic carbocycles. The van der Waals surface area contributed by atoms with Crippen LogP contribution in [0.1, 0.15) is 23.2 Å². The van der Waals surface area contributed by atoms with E-state index in [1.807, 2.05) is 14.1 Å². The highest BCUT2D eigenvalue weighted by atomic mass is 32.2. The van der Waals surface area contributed by atoms with E-state index in [0.29, 0.717) is 29.6 Å². The summed E-state index contributed by atoms with van der Waals surface area (Å²) in [5, 5.41) is 0. The van der Waals surface area contributed by atoms with Gasteiger partial charge in [0.05, 0.1) is 31.3 Å². The van der Waals surface area contributed by atoms with E-state index < -0.39 is 0 Å². The SMILES string of the molecule is COC(=O)c1ccc(OSCCN(C)C)c(OCC2CC2)c1. The Hall–Kier alpha value is -1.40. The number of esters is 1. The lowest BCUT2D eigenvalue weighted by molar-refractivity contribution is 0.0600. The first-order valence-corrected chi connectivity index (χ1v) is 8.30. The van der Waals surface area contributed by atoms with Crippen molar-refractivity contribution in [1.82, 2.24) is 4.90 Å². The maximum Gasteiger partial charge on any atom is 0.337 e. The standard InChI is InChI=1S/C16H23NO4S/c1-17(2)8-9-22-21-14-7-6-13(16(18)19-3)10-15(14)20-11-12-4-5-12/h6-7,10,12H,4-5,8-9,11H2,1-3H3. The minimum atomic E-state index is -0.372. The largest absolute Gasteiger partial charge is 0.489 e. The van der Waals surface area contributed by atoms with Gasteiger partial charge in [0.15, 0.2) is 11.5 Å². The highest BCUT2D eigenvalue weighted by Crippen LogP contribution is 2.34. The average Bonchev–Trinajstić information content (AvgIpc) is 3.33. The Labute approximate surface area is 136 Å². The van der Waals surface area contributed by atoms with Crippen molar-refractivity contribution < 1.29 is 18.5 Å². The molecule has 0 saturated heterocycles. The first-order chi connectivity index (χ1) is 10.6. The van der Waals surface area contributed by atoms with E-state index in [1.54, 1.807) is 18.2 Å². The monoisotopic (exact) mass is 325 g/mol. The summed E-state index contributed by atoms with van der Waals surface area (Å²) >= 11 is 1.38. The van der Waals surface area contributed by atoms with Gasteiger partial charge in [-0.25, -0.2) is 4.79 Å². The summed E-state index contributed by atoms with van der Waals surface area (Å²) in [7, 11) is 5.42. The van der Waals surface area contributed by atoms with Crippen molar-refractivity contribution in [3.8, 4) is 11.5 Å². The highest BCUT2D eigenvalue weighted by Gasteiger charge is 2.23. The smallest absolute Gasteiger partial charge is 0.337 e. The van der Waals surface area contributed by atoms with Gasteiger partial charge < -0.3 is 18.6 Å². The Kier molecular flexibility index (Phi) is 6.39. The van der Waals surface area contributed by atoms with Crippen LogP contribution in [0.2, 0.25) is 0 Å². The van der Waals surface area contributed by atoms with Crippen LogP contribution >= 0.6 is 12.0 Å². The quantitative estimate of drug-likeness (QED) is 0.395. The predicted molar refractivity (Wildman–Crippen MR) is 87.6 cm³/mol. The van der Waals surface area contributed by atoms with Gasteiger partial charge >= 0.3 is 5.97 Å². The number of hydrogen-bond acceptors (Lipinski definition) is 6. The third-order valence-electron chi connectivity index (χ3n) is 3.31. The first kappa shape index (κ1) is 17.0. The Morgan fingerprint density at radius 3 is 2.73 bits per heavy atom. The van der Waals surface area contributed by atoms with E-state index in [9.17, 15) is 4.79 Å². The average molecular weight is 325 g/mol. The minimum absolute atomic E-state index is 0.372. The number of ether oxygens (including phenoxy) is 2. The summed E-state index contributed by atoms with van der Waals surface area (Å²) in [6.45, 7) is 1.60. The van der Waals surface area contributed by atoms with Crippen molar-refractivity contribution in [2.45, 2.75) is 12.8 Å². The van der Waals surface area contributed by atoms with Gasteiger partial charge in [-0.1, -0.05) is 0 Å². The molecule has 0 atom stereocenters. The van der Waals surface area contributed by atoms with E-state index >= 15 is 0 Å². The molecule has 1 fully saturated rings. The van der Waals surface area contributed by atoms with E-state index in [-0.39, 0.29) is 5.97 Å². The summed E-state index contributed by atoms with van der Waals surface area (Å²) in [5.41, 5.74) is 0.471. The molecule has 0 aromatic heterocycles. The zero-order valence-electron chi connectivity index (χ0n) is 13.3. The predicted octanol–water partition coefficient (Wildman–Crippen LogP) is 2.85. The van der Waals surface area contributed by atoms with Crippen LogP contribution in [0.5, 0.6) is 11.5 Å². The molecule has 1 aromatic rings. The van der Waals surface area contributed by atoms with Crippen molar-refractivity contribution in [1.29, 1.82) is 0 Å². The van der Waals surface area contributed by atoms with Gasteiger partial charge in [-0.05, 0) is 51.1 Å². The lowest BCUT2D eigenvalue weighted by Crippen LogP contribution is -2.15. The van der Waals surface area contributed by atoms with Gasteiger partial charge in [-0.2, -0.15) is 0 Å². The zero-order valence-corrected chi connectivity index (χ0v) is 14.1. The van der Waals surface area contributed by atoms with Crippen LogP contribution in [0.25, 0.3) is 0 Å². The second-order valence-electron chi connectivity index (χ2n) is 5.62. The Morgan fingerprint density at radius 1 is 1.32 bits per heavy atom. The van der Waals surface area contributed by atoms with Crippen LogP contribution in [-0.2, 0) is 4.74 Å². The van der Waals surface area contributed by atoms with Crippen molar-refractivity contribution in [2.24, 2.45) is 5.92 Å². The fourth-order valence-electron chi connectivity index (χ4n) is 1.75. The maximum absolute atomic E-state index is 11.6. The lowest BCUT2D eigenvalue weighted by atomic mass is 10.2. The van der Waals surface area contributed by atoms with Gasteiger partial charge in [0.25, 0.3) is 0 Å². The second-order valence-corrected chi connectivity index (χ2v) is 6.43. The molecule has 6 heteroatoms. The topological polar surface area (TPSA) is 48.0 Å². The van der Waals surface area contributed by atoms with E-state index in [1.165, 1.54) is 32.0 Å². The third-order valence-corrected chi connectivity index (χ3v) is 3.95. The molecule has 0 N–H and O–H groups in total. The van der Waals surface area contributed by atoms with Crippen molar-refractivity contribution in [3.63, 3.8) is 0 Å². The lowest BCUT2D eigenvalue weighted by Gasteiger charge is -2.13. The zero-order chi connectivity index (χ0) is 15.9. The first-order valence-electron chi connectivity index (χ1n) is 7.39. The van der Waals surface area contributed by atoms with Crippen LogP contribution in [0.4, 0.5) is 0 Å². The van der Waals surface area contributed by atoms with Crippen molar-refractivity contribution in [3.05, 3.63) is 23.8 Å². The molecule has 122 valence electrons. The number of nitrogens with zero attached hydrogens (tertiary/aromatic N) is 1. The third kappa shape index (κ3) is 5.42. The Bertz CT molecular complexity index is 503. The van der Waals surface area contributed by atoms with Gasteiger partial charge in [-0.15, -0.1) is 0 Å². The number of hydrogen-bond donors (Lipinski definition) is 0. The number of methoxy groups -OCH3 is 1. The number of carbonyl (C=O) groups is 1. The Balaban J connectivity index is 1.99. The molecule has 2 rings (SSSR count). The normalized spacial score (nSPS) is 14.0. The maximum atomic E-state index is 11.6. The van der Waals surface area contributed by atoms with Crippen LogP contribution in [0, 0.1) is 5.92 Å². The van der Waals surface area contributed by atoms with E-state index in [2.05, 4.69) is 4.90 Å². The molecule has 22 heavy (non-hydrogen) atoms. The molecule has 1 aliphatic rings. The van der Waals surface area contributed by atoms with Gasteiger partial charge in [0.1, 0.15) is 0 Å². The molecule has 0 spiro atoms. The summed E-state index contributed by atoms with van der Waals surface area (Å²) in [6.07, 6.45) is 2.43. The molecular formula is C16H23NO4S. The summed E-state index contributed by atoms with van der Waals surface area (Å²) in [5.74, 6) is 2.37. The van der Waals surface area contributed by atoms with Gasteiger partial charge in [-0.3, -0.25) is 0 Å². The van der Waals surface area contributed by atoms with Crippen molar-refractivity contribution in [2.75, 3.05) is 40.1 Å². The fourth-order valence-corrected chi connectivity index (χ4v) is 2.54. The molecular weight excluding hydrogens is 302 g/mol. The molecule has 0 heterocycles. The summed E-state index contributed by atoms with van der Waals surface area (Å²) in [6, 6.07) is 5.14. The summed E-state index contributed by atoms with van der Waals surface area (Å²) in [4.78, 5) is 13.7. The highest BCUT2D eigenvalue weighted by molar-refractivity contribution is 7.95. The molecule has 0 bridgehead atoms. The second kappa shape index (κ2) is 8.29. The molecule has 1 aliphatic carbocycles. The van der Waals surface area contributed by atoms with Crippen LogP contribution < -0.4 is 8.92 Å². The summed E-state index contributed by atoms with van der Waals surface area (Å²) < 4.78 is 16.3. The van der Waals surface area contributed by atoms with Crippen molar-refractivity contribution >= 4 is 18.0 Å². The molecule has 0 amide bonds. The number of carbonyl (C=O) groups excluding carboxylic acids is 1. The van der Waals surface area contributed by atoms with Gasteiger partial charge in [0.2, 0.25) is 0 Å². The molecule has 1 saturated carbocycles. The Morgan fingerprint density at radius 2 is 2.09 bits per heavy atom. The van der Waals surface area contributed by atoms with Crippen LogP contribution in [-0.4, -0.2) is 51.0 Å². The van der Waals surface area contributed by atoms with E-state index in [0.717, 1.165) is 12.3 Å². The van der Waals surface area contributed by atoms with Crippen LogP contribution in [0.3, 0.4) is 0 Å². The molecule has 0 aliphatic heterocycles. The van der Waals surface area contributed by atoms with Crippen LogP contribution in [0.15, 0.2) is 18.2 Å². The molecule has 0 radical (unpaired) electrons. The minimum Gasteiger partial charge on any atom is -0.489 e. The number of benzene rings is 1. The van der Waals surface area contributed by atoms with E-state index in [4.69, 9.17) is 13.7 Å². The number of rotatable bonds is 9. The fraction of sp³-hybridized carbons (Fsp3) is 0.562.